The van der Waals surface area contributed by atoms with Gasteiger partial charge in [-0.15, -0.1) is 0 Å². The molecule has 0 aliphatic heterocycles. The van der Waals surface area contributed by atoms with Gasteiger partial charge in [-0.3, -0.25) is 4.79 Å². The number of rotatable bonds is 5. The average Bonchev–Trinajstić information content (AvgIpc) is 1.82. The molecule has 13 heavy (non-hydrogen) atoms. The second-order valence-electron chi connectivity index (χ2n) is 4.80. The molecule has 0 radical (unpaired) electrons. The molecule has 78 valence electrons. The summed E-state index contributed by atoms with van der Waals surface area (Å²) in [5, 5.41) is 9.11. The molecule has 0 fully saturated rings. The number of aliphatic carboxylic acids is 1. The van der Waals surface area contributed by atoms with Gasteiger partial charge in [0.15, 0.2) is 0 Å². The van der Waals surface area contributed by atoms with Gasteiger partial charge >= 0.3 is 5.97 Å². The van der Waals surface area contributed by atoms with Crippen LogP contribution in [0.3, 0.4) is 0 Å². The van der Waals surface area contributed by atoms with Gasteiger partial charge in [-0.1, -0.05) is 41.0 Å². The predicted molar refractivity (Wildman–Crippen MR) is 54.7 cm³/mol. The van der Waals surface area contributed by atoms with Gasteiger partial charge in [-0.05, 0) is 17.8 Å². The Kier molecular flexibility index (Phi) is 4.45. The van der Waals surface area contributed by atoms with Crippen molar-refractivity contribution >= 4 is 5.97 Å². The van der Waals surface area contributed by atoms with E-state index in [9.17, 15) is 4.79 Å². The van der Waals surface area contributed by atoms with Gasteiger partial charge in [0.1, 0.15) is 0 Å². The highest BCUT2D eigenvalue weighted by Gasteiger charge is 2.36. The maximum Gasteiger partial charge on any atom is 0.307 e. The highest BCUT2D eigenvalue weighted by Crippen LogP contribution is 2.36. The molecule has 1 atom stereocenters. The summed E-state index contributed by atoms with van der Waals surface area (Å²) >= 11 is 0. The molecule has 0 amide bonds. The van der Waals surface area contributed by atoms with E-state index in [1.807, 2.05) is 13.8 Å². The van der Waals surface area contributed by atoms with Crippen molar-refractivity contribution in [3.8, 4) is 0 Å². The van der Waals surface area contributed by atoms with Gasteiger partial charge in [0, 0.05) is 0 Å². The van der Waals surface area contributed by atoms with Gasteiger partial charge in [-0.25, -0.2) is 0 Å². The lowest BCUT2D eigenvalue weighted by Crippen LogP contribution is -2.34. The van der Waals surface area contributed by atoms with E-state index in [4.69, 9.17) is 5.11 Å². The Morgan fingerprint density at radius 1 is 1.38 bits per heavy atom. The number of carbonyl (C=O) groups is 1. The molecule has 2 nitrogen and oxygen atoms in total. The highest BCUT2D eigenvalue weighted by atomic mass is 16.4. The Morgan fingerprint density at radius 2 is 1.85 bits per heavy atom. The lowest BCUT2D eigenvalue weighted by Gasteiger charge is -2.33. The zero-order chi connectivity index (χ0) is 10.6. The van der Waals surface area contributed by atoms with Crippen LogP contribution in [0.4, 0.5) is 0 Å². The zero-order valence-corrected chi connectivity index (χ0v) is 9.42. The number of carboxylic acids is 1. The second kappa shape index (κ2) is 4.64. The fourth-order valence-corrected chi connectivity index (χ4v) is 2.32. The van der Waals surface area contributed by atoms with Crippen LogP contribution in [-0.4, -0.2) is 11.1 Å². The molecule has 0 aliphatic carbocycles. The van der Waals surface area contributed by atoms with Crippen LogP contribution in [0.2, 0.25) is 0 Å². The number of hydrogen-bond donors (Lipinski definition) is 1. The summed E-state index contributed by atoms with van der Waals surface area (Å²) in [6.45, 7) is 10.2. The third kappa shape index (κ3) is 3.37. The molecule has 2 heteroatoms. The van der Waals surface area contributed by atoms with E-state index in [0.717, 1.165) is 12.8 Å². The van der Waals surface area contributed by atoms with Gasteiger partial charge in [0.25, 0.3) is 0 Å². The van der Waals surface area contributed by atoms with Gasteiger partial charge in [-0.2, -0.15) is 0 Å². The molecule has 0 unspecified atom stereocenters. The summed E-state index contributed by atoms with van der Waals surface area (Å²) in [4.78, 5) is 11.1. The number of carboxylic acid groups (broad SMARTS) is 1. The minimum Gasteiger partial charge on any atom is -0.481 e. The molecule has 0 saturated carbocycles. The van der Waals surface area contributed by atoms with E-state index in [0.29, 0.717) is 0 Å². The van der Waals surface area contributed by atoms with E-state index in [-0.39, 0.29) is 17.3 Å². The first-order chi connectivity index (χ1) is 5.83. The minimum atomic E-state index is -0.659. The molecule has 0 rings (SSSR count). The third-order valence-corrected chi connectivity index (χ3v) is 2.67. The first kappa shape index (κ1) is 12.5. The van der Waals surface area contributed by atoms with E-state index in [1.165, 1.54) is 0 Å². The van der Waals surface area contributed by atoms with E-state index in [1.54, 1.807) is 0 Å². The molecule has 0 aliphatic rings. The molecule has 0 aromatic carbocycles. The zero-order valence-electron chi connectivity index (χ0n) is 9.42. The van der Waals surface area contributed by atoms with Crippen molar-refractivity contribution in [2.75, 3.05) is 0 Å². The highest BCUT2D eigenvalue weighted by molar-refractivity contribution is 5.71. The van der Waals surface area contributed by atoms with Crippen molar-refractivity contribution in [3.63, 3.8) is 0 Å². The summed E-state index contributed by atoms with van der Waals surface area (Å²) in [7, 11) is 0. The van der Waals surface area contributed by atoms with E-state index < -0.39 is 5.97 Å². The molecular formula is C11H22O2. The Labute approximate surface area is 81.3 Å². The van der Waals surface area contributed by atoms with Gasteiger partial charge < -0.3 is 5.11 Å². The third-order valence-electron chi connectivity index (χ3n) is 2.67. The summed E-state index contributed by atoms with van der Waals surface area (Å²) in [5.41, 5.74) is -0.0885. The van der Waals surface area contributed by atoms with Crippen molar-refractivity contribution in [2.24, 2.45) is 17.3 Å². The van der Waals surface area contributed by atoms with Crippen molar-refractivity contribution in [1.29, 1.82) is 0 Å². The summed E-state index contributed by atoms with van der Waals surface area (Å²) in [6.07, 6.45) is 2.02. The minimum absolute atomic E-state index is 0.0885. The van der Waals surface area contributed by atoms with Crippen molar-refractivity contribution in [1.82, 2.24) is 0 Å². The fraction of sp³-hybridized carbons (Fsp3) is 0.909. The Bertz CT molecular complexity index is 171. The summed E-state index contributed by atoms with van der Waals surface area (Å²) < 4.78 is 0. The maximum absolute atomic E-state index is 11.1. The molecule has 0 bridgehead atoms. The number of hydrogen-bond acceptors (Lipinski definition) is 1. The molecule has 0 aromatic rings. The molecule has 0 aromatic heterocycles. The standard InChI is InChI=1S/C11H22O2/c1-6-7-11(4,5)9(8(2)3)10(12)13/h8-9H,6-7H2,1-5H3,(H,12,13)/t9-/m1/s1. The molecular weight excluding hydrogens is 164 g/mol. The topological polar surface area (TPSA) is 37.3 Å². The van der Waals surface area contributed by atoms with Crippen molar-refractivity contribution in [2.45, 2.75) is 47.5 Å². The summed E-state index contributed by atoms with van der Waals surface area (Å²) in [6, 6.07) is 0. The molecule has 0 spiro atoms. The quantitative estimate of drug-likeness (QED) is 0.716. The van der Waals surface area contributed by atoms with Crippen LogP contribution in [-0.2, 0) is 4.79 Å². The average molecular weight is 186 g/mol. The predicted octanol–water partition coefficient (Wildman–Crippen LogP) is 3.17. The van der Waals surface area contributed by atoms with Crippen LogP contribution in [0, 0.1) is 17.3 Å². The normalized spacial score (nSPS) is 14.6. The Hall–Kier alpha value is -0.530. The first-order valence-electron chi connectivity index (χ1n) is 5.05. The smallest absolute Gasteiger partial charge is 0.307 e. The summed E-state index contributed by atoms with van der Waals surface area (Å²) in [5.74, 6) is -0.681. The largest absolute Gasteiger partial charge is 0.481 e. The van der Waals surface area contributed by atoms with Crippen LogP contribution in [0.5, 0.6) is 0 Å². The van der Waals surface area contributed by atoms with Crippen molar-refractivity contribution < 1.29 is 9.90 Å². The lowest BCUT2D eigenvalue weighted by molar-refractivity contribution is -0.148. The van der Waals surface area contributed by atoms with Crippen LogP contribution < -0.4 is 0 Å². The molecule has 0 saturated heterocycles. The van der Waals surface area contributed by atoms with Crippen LogP contribution >= 0.6 is 0 Å². The van der Waals surface area contributed by atoms with Crippen LogP contribution in [0.1, 0.15) is 47.5 Å². The first-order valence-corrected chi connectivity index (χ1v) is 5.05. The van der Waals surface area contributed by atoms with Crippen molar-refractivity contribution in [3.05, 3.63) is 0 Å². The lowest BCUT2D eigenvalue weighted by atomic mass is 9.70. The van der Waals surface area contributed by atoms with E-state index in [2.05, 4.69) is 20.8 Å². The van der Waals surface area contributed by atoms with Crippen LogP contribution in [0.25, 0.3) is 0 Å². The molecule has 1 N–H and O–H groups in total. The maximum atomic E-state index is 11.1. The Balaban J connectivity index is 4.62. The fourth-order valence-electron chi connectivity index (χ4n) is 2.32. The van der Waals surface area contributed by atoms with Crippen LogP contribution in [0.15, 0.2) is 0 Å². The monoisotopic (exact) mass is 186 g/mol. The van der Waals surface area contributed by atoms with Gasteiger partial charge in [0.2, 0.25) is 0 Å². The molecule has 0 heterocycles. The SMILES string of the molecule is CCCC(C)(C)[C@@H](C(=O)O)C(C)C. The second-order valence-corrected chi connectivity index (χ2v) is 4.80. The van der Waals surface area contributed by atoms with Gasteiger partial charge in [0.05, 0.1) is 5.92 Å². The van der Waals surface area contributed by atoms with E-state index >= 15 is 0 Å². The Morgan fingerprint density at radius 3 is 2.08 bits per heavy atom.